The summed E-state index contributed by atoms with van der Waals surface area (Å²) in [5.41, 5.74) is 3.52. The van der Waals surface area contributed by atoms with E-state index < -0.39 is 12.1 Å². The number of hydrogen-bond acceptors (Lipinski definition) is 9. The van der Waals surface area contributed by atoms with Crippen LogP contribution in [0.25, 0.3) is 21.8 Å². The molecule has 0 unspecified atom stereocenters. The summed E-state index contributed by atoms with van der Waals surface area (Å²) in [6, 6.07) is 5.20. The first-order valence-corrected chi connectivity index (χ1v) is 15.7. The maximum atomic E-state index is 14.4. The number of likely N-dealkylation sites (N-methyl/N-ethyl adjacent to an activating group) is 1. The monoisotopic (exact) mass is 697 g/mol. The number of piperazine rings is 1. The Morgan fingerprint density at radius 3 is 2.26 bits per heavy atom. The Hall–Kier alpha value is -4.43. The third kappa shape index (κ3) is 5.28. The Kier molecular flexibility index (Phi) is 8.51. The third-order valence-electron chi connectivity index (χ3n) is 8.65. The van der Waals surface area contributed by atoms with E-state index in [9.17, 15) is 14.4 Å². The van der Waals surface area contributed by atoms with Gasteiger partial charge in [0.2, 0.25) is 5.75 Å². The van der Waals surface area contributed by atoms with E-state index in [1.54, 1.807) is 34.9 Å². The lowest BCUT2D eigenvalue weighted by atomic mass is 9.94. The molecule has 4 aromatic rings. The van der Waals surface area contributed by atoms with Gasteiger partial charge in [-0.15, -0.1) is 0 Å². The predicted octanol–water partition coefficient (Wildman–Crippen LogP) is 4.48. The average molecular weight is 699 g/mol. The van der Waals surface area contributed by atoms with E-state index in [1.165, 1.54) is 28.4 Å². The molecule has 2 aromatic carbocycles. The second-order valence-corrected chi connectivity index (χ2v) is 12.7. The molecule has 2 aromatic heterocycles. The molecular formula is C32H36BrN5O8. The highest BCUT2D eigenvalue weighted by Gasteiger charge is 2.35. The van der Waals surface area contributed by atoms with Crippen molar-refractivity contribution in [2.75, 3.05) is 73.1 Å². The summed E-state index contributed by atoms with van der Waals surface area (Å²) < 4.78 is 27.8. The number of methoxy groups -OCH3 is 4. The first-order valence-electron chi connectivity index (χ1n) is 14.8. The minimum absolute atomic E-state index is 0.134. The van der Waals surface area contributed by atoms with Crippen LogP contribution in [0.4, 0.5) is 10.5 Å². The molecular weight excluding hydrogens is 662 g/mol. The quantitative estimate of drug-likeness (QED) is 0.221. The van der Waals surface area contributed by atoms with Gasteiger partial charge in [0, 0.05) is 60.1 Å². The maximum Gasteiger partial charge on any atom is 0.415 e. The number of carbonyl (C=O) groups excluding carboxylic acids is 3. The molecule has 0 spiro atoms. The number of anilines is 1. The summed E-state index contributed by atoms with van der Waals surface area (Å²) in [7, 11) is 7.89. The van der Waals surface area contributed by atoms with Crippen molar-refractivity contribution < 1.29 is 38.1 Å². The zero-order chi connectivity index (χ0) is 32.9. The molecule has 2 amide bonds. The summed E-state index contributed by atoms with van der Waals surface area (Å²) in [5, 5.41) is 1.25. The number of amides is 2. The number of hydrogen-bond donors (Lipinski definition) is 2. The molecule has 2 aliphatic rings. The summed E-state index contributed by atoms with van der Waals surface area (Å²) in [6.45, 7) is 4.59. The first kappa shape index (κ1) is 31.5. The Morgan fingerprint density at radius 2 is 1.61 bits per heavy atom. The fraction of sp³-hybridized carbons (Fsp3) is 0.406. The molecule has 14 heteroatoms. The number of benzene rings is 2. The number of esters is 1. The number of carbonyl (C=O) groups is 3. The van der Waals surface area contributed by atoms with Crippen LogP contribution in [0.5, 0.6) is 23.0 Å². The van der Waals surface area contributed by atoms with Gasteiger partial charge in [-0.25, -0.2) is 9.59 Å². The van der Waals surface area contributed by atoms with Crippen molar-refractivity contribution in [1.29, 1.82) is 0 Å². The fourth-order valence-electron chi connectivity index (χ4n) is 6.34. The molecule has 46 heavy (non-hydrogen) atoms. The Morgan fingerprint density at radius 1 is 0.891 bits per heavy atom. The molecule has 244 valence electrons. The van der Waals surface area contributed by atoms with Crippen molar-refractivity contribution >= 4 is 61.4 Å². The molecule has 2 N–H and O–H groups in total. The number of fused-ring (bicyclic) bond motifs is 4. The van der Waals surface area contributed by atoms with Crippen molar-refractivity contribution in [2.45, 2.75) is 18.2 Å². The van der Waals surface area contributed by atoms with Crippen LogP contribution in [0.2, 0.25) is 0 Å². The van der Waals surface area contributed by atoms with Crippen molar-refractivity contribution in [3.8, 4) is 23.0 Å². The highest BCUT2D eigenvalue weighted by Crippen LogP contribution is 2.45. The van der Waals surface area contributed by atoms with Gasteiger partial charge in [0.25, 0.3) is 5.91 Å². The molecule has 13 nitrogen and oxygen atoms in total. The summed E-state index contributed by atoms with van der Waals surface area (Å²) in [5.74, 6) is 0.613. The molecule has 1 saturated heterocycles. The van der Waals surface area contributed by atoms with Crippen LogP contribution >= 0.6 is 15.9 Å². The van der Waals surface area contributed by atoms with Crippen LogP contribution in [0, 0.1) is 6.92 Å². The van der Waals surface area contributed by atoms with Gasteiger partial charge in [-0.05, 0) is 38.1 Å². The number of H-pyrrole nitrogens is 2. The van der Waals surface area contributed by atoms with Crippen molar-refractivity contribution in [2.24, 2.45) is 0 Å². The van der Waals surface area contributed by atoms with Gasteiger partial charge in [-0.3, -0.25) is 4.79 Å². The molecule has 6 rings (SSSR count). The molecule has 0 radical (unpaired) electrons. The van der Waals surface area contributed by atoms with Crippen LogP contribution in [0.15, 0.2) is 18.2 Å². The number of aryl methyl sites for hydroxylation is 1. The maximum absolute atomic E-state index is 14.4. The van der Waals surface area contributed by atoms with E-state index >= 15 is 0 Å². The number of halogens is 1. The van der Waals surface area contributed by atoms with Gasteiger partial charge in [-0.1, -0.05) is 15.9 Å². The second kappa shape index (κ2) is 12.4. The van der Waals surface area contributed by atoms with Crippen LogP contribution in [0.3, 0.4) is 0 Å². The molecule has 0 bridgehead atoms. The van der Waals surface area contributed by atoms with Crippen molar-refractivity contribution in [3.05, 3.63) is 40.7 Å². The number of nitrogens with one attached hydrogen (secondary N) is 2. The SMILES string of the molecule is COC(=O)c1c(C)[nH]c2c(OC(=O)N3CCN(C)CC3)cc3c(c12)C[C@H](Br)CN3C(=O)c1cc2cc(OC)c(OC)c(OC)c2[nH]1. The largest absolute Gasteiger partial charge is 0.493 e. The van der Waals surface area contributed by atoms with Crippen LogP contribution in [-0.4, -0.2) is 111 Å². The zero-order valence-corrected chi connectivity index (χ0v) is 28.1. The van der Waals surface area contributed by atoms with Gasteiger partial charge in [0.05, 0.1) is 50.7 Å². The summed E-state index contributed by atoms with van der Waals surface area (Å²) >= 11 is 3.74. The third-order valence-corrected chi connectivity index (χ3v) is 9.27. The van der Waals surface area contributed by atoms with Crippen LogP contribution in [-0.2, 0) is 11.2 Å². The zero-order valence-electron chi connectivity index (χ0n) is 26.5. The number of nitrogens with zero attached hydrogens (tertiary/aromatic N) is 3. The van der Waals surface area contributed by atoms with E-state index in [0.717, 1.165) is 18.7 Å². The lowest BCUT2D eigenvalue weighted by molar-refractivity contribution is 0.0602. The standard InChI is InChI=1S/C32H36BrN5O8/c1-16-24(31(40)45-6)25-19-13-18(33)15-38(21(19)14-22(27(25)34-16)46-32(41)37-9-7-36(2)8-10-37)30(39)20-11-17-12-23(42-3)28(43-4)29(44-5)26(17)35-20/h11-12,14,18,34-35H,7-10,13,15H2,1-6H3/t18-/m0/s1. The summed E-state index contributed by atoms with van der Waals surface area (Å²) in [6.07, 6.45) is 0.0114. The number of alkyl halides is 1. The van der Waals surface area contributed by atoms with Crippen molar-refractivity contribution in [3.63, 3.8) is 0 Å². The first-order chi connectivity index (χ1) is 22.1. The Bertz CT molecular complexity index is 1860. The Labute approximate surface area is 273 Å². The molecule has 1 atom stereocenters. The van der Waals surface area contributed by atoms with E-state index in [-0.39, 0.29) is 16.5 Å². The lowest BCUT2D eigenvalue weighted by Crippen LogP contribution is -2.48. The molecule has 0 saturated carbocycles. The molecule has 0 aliphatic carbocycles. The molecule has 1 fully saturated rings. The van der Waals surface area contributed by atoms with Gasteiger partial charge in [0.1, 0.15) is 5.69 Å². The molecule has 4 heterocycles. The number of aromatic nitrogens is 2. The van der Waals surface area contributed by atoms with Crippen LogP contribution < -0.4 is 23.8 Å². The van der Waals surface area contributed by atoms with E-state index in [2.05, 4.69) is 30.8 Å². The number of aromatic amines is 2. The van der Waals surface area contributed by atoms with Gasteiger partial charge in [0.15, 0.2) is 17.2 Å². The lowest BCUT2D eigenvalue weighted by Gasteiger charge is -2.34. The van der Waals surface area contributed by atoms with E-state index in [0.29, 0.717) is 87.7 Å². The normalized spacial score (nSPS) is 16.8. The number of ether oxygens (including phenoxy) is 5. The highest BCUT2D eigenvalue weighted by atomic mass is 79.9. The Balaban J connectivity index is 1.49. The number of rotatable bonds is 6. The second-order valence-electron chi connectivity index (χ2n) is 11.4. The summed E-state index contributed by atoms with van der Waals surface area (Å²) in [4.78, 5) is 52.6. The molecule has 2 aliphatic heterocycles. The van der Waals surface area contributed by atoms with Gasteiger partial charge in [-0.2, -0.15) is 0 Å². The smallest absolute Gasteiger partial charge is 0.415 e. The van der Waals surface area contributed by atoms with Crippen molar-refractivity contribution in [1.82, 2.24) is 19.8 Å². The van der Waals surface area contributed by atoms with Gasteiger partial charge < -0.3 is 48.4 Å². The van der Waals surface area contributed by atoms with E-state index in [1.807, 2.05) is 7.05 Å². The predicted molar refractivity (Wildman–Crippen MR) is 176 cm³/mol. The highest BCUT2D eigenvalue weighted by molar-refractivity contribution is 9.09. The average Bonchev–Trinajstić information content (AvgIpc) is 3.64. The van der Waals surface area contributed by atoms with Gasteiger partial charge >= 0.3 is 12.1 Å². The van der Waals surface area contributed by atoms with Crippen LogP contribution in [0.1, 0.15) is 32.1 Å². The minimum atomic E-state index is -0.534. The van der Waals surface area contributed by atoms with E-state index in [4.69, 9.17) is 23.7 Å². The fourth-order valence-corrected chi connectivity index (χ4v) is 6.95. The topological polar surface area (TPSA) is 139 Å². The minimum Gasteiger partial charge on any atom is -0.493 e.